The molecule has 2 aromatic heterocycles. The lowest BCUT2D eigenvalue weighted by molar-refractivity contribution is 0.334. The molecule has 5 nitrogen and oxygen atoms in total. The summed E-state index contributed by atoms with van der Waals surface area (Å²) in [6.45, 7) is 2.07. The summed E-state index contributed by atoms with van der Waals surface area (Å²) in [4.78, 5) is 8.30. The molecule has 2 heterocycles. The van der Waals surface area contributed by atoms with Crippen LogP contribution in [0.2, 0.25) is 0 Å². The smallest absolute Gasteiger partial charge is 0.244 e. The fourth-order valence-corrected chi connectivity index (χ4v) is 1.50. The Morgan fingerprint density at radius 2 is 2.12 bits per heavy atom. The summed E-state index contributed by atoms with van der Waals surface area (Å²) in [5.74, 6) is 1.22. The van der Waals surface area contributed by atoms with Crippen molar-refractivity contribution in [1.29, 1.82) is 0 Å². The van der Waals surface area contributed by atoms with Crippen LogP contribution in [-0.2, 0) is 0 Å². The fraction of sp³-hybridized carbons (Fsp3) is 0.364. The van der Waals surface area contributed by atoms with Gasteiger partial charge in [-0.05, 0) is 25.6 Å². The van der Waals surface area contributed by atoms with Gasteiger partial charge in [0, 0.05) is 18.0 Å². The van der Waals surface area contributed by atoms with E-state index in [1.807, 2.05) is 19.2 Å². The Labute approximate surface area is 93.9 Å². The molecule has 0 aliphatic rings. The highest BCUT2D eigenvalue weighted by Gasteiger charge is 2.15. The average Bonchev–Trinajstić information content (AvgIpc) is 2.81. The van der Waals surface area contributed by atoms with E-state index in [2.05, 4.69) is 27.4 Å². The maximum Gasteiger partial charge on any atom is 0.244 e. The van der Waals surface area contributed by atoms with Crippen molar-refractivity contribution in [3.8, 4) is 11.4 Å². The molecule has 1 unspecified atom stereocenters. The predicted octanol–water partition coefficient (Wildman–Crippen LogP) is 1.80. The van der Waals surface area contributed by atoms with E-state index >= 15 is 0 Å². The predicted molar refractivity (Wildman–Crippen MR) is 59.6 cm³/mol. The Hall–Kier alpha value is -1.75. The number of hydrogen-bond acceptors (Lipinski definition) is 5. The molecule has 1 atom stereocenters. The Morgan fingerprint density at radius 1 is 1.38 bits per heavy atom. The second-order valence-electron chi connectivity index (χ2n) is 3.44. The number of nitrogens with one attached hydrogen (secondary N) is 1. The van der Waals surface area contributed by atoms with E-state index in [4.69, 9.17) is 4.52 Å². The molecule has 0 spiro atoms. The van der Waals surface area contributed by atoms with Crippen LogP contribution < -0.4 is 5.32 Å². The molecule has 0 aromatic carbocycles. The van der Waals surface area contributed by atoms with Gasteiger partial charge >= 0.3 is 0 Å². The summed E-state index contributed by atoms with van der Waals surface area (Å²) in [6.07, 6.45) is 4.33. The molecule has 0 aliphatic carbocycles. The van der Waals surface area contributed by atoms with Gasteiger partial charge in [0.15, 0.2) is 0 Å². The van der Waals surface area contributed by atoms with E-state index in [9.17, 15) is 0 Å². The van der Waals surface area contributed by atoms with Gasteiger partial charge in [-0.2, -0.15) is 4.98 Å². The fourth-order valence-electron chi connectivity index (χ4n) is 1.50. The van der Waals surface area contributed by atoms with Gasteiger partial charge in [-0.25, -0.2) is 0 Å². The van der Waals surface area contributed by atoms with Crippen molar-refractivity contribution in [3.63, 3.8) is 0 Å². The van der Waals surface area contributed by atoms with Crippen molar-refractivity contribution in [1.82, 2.24) is 20.4 Å². The zero-order valence-electron chi connectivity index (χ0n) is 9.34. The molecule has 0 fully saturated rings. The van der Waals surface area contributed by atoms with Crippen LogP contribution in [0.5, 0.6) is 0 Å². The molecule has 0 amide bonds. The SMILES string of the molecule is CCC(NC)c1nc(-c2ccncc2)no1. The zero-order valence-corrected chi connectivity index (χ0v) is 9.34. The number of hydrogen-bond donors (Lipinski definition) is 1. The van der Waals surface area contributed by atoms with Crippen LogP contribution in [0.4, 0.5) is 0 Å². The first-order valence-corrected chi connectivity index (χ1v) is 5.26. The average molecular weight is 218 g/mol. The Bertz CT molecular complexity index is 436. The van der Waals surface area contributed by atoms with Gasteiger partial charge in [0.2, 0.25) is 11.7 Å². The Kier molecular flexibility index (Phi) is 3.26. The largest absolute Gasteiger partial charge is 0.337 e. The van der Waals surface area contributed by atoms with Gasteiger partial charge in [0.05, 0.1) is 6.04 Å². The molecule has 16 heavy (non-hydrogen) atoms. The standard InChI is InChI=1S/C11H14N4O/c1-3-9(12-2)11-14-10(15-16-11)8-4-6-13-7-5-8/h4-7,9,12H,3H2,1-2H3. The molecule has 0 saturated carbocycles. The molecule has 84 valence electrons. The van der Waals surface area contributed by atoms with Crippen molar-refractivity contribution in [2.45, 2.75) is 19.4 Å². The van der Waals surface area contributed by atoms with Crippen LogP contribution in [0.15, 0.2) is 29.0 Å². The van der Waals surface area contributed by atoms with Gasteiger partial charge in [0.25, 0.3) is 0 Å². The summed E-state index contributed by atoms with van der Waals surface area (Å²) in [5, 5.41) is 7.07. The number of rotatable bonds is 4. The lowest BCUT2D eigenvalue weighted by Crippen LogP contribution is -2.15. The summed E-state index contributed by atoms with van der Waals surface area (Å²) in [5.41, 5.74) is 0.913. The first-order chi connectivity index (χ1) is 7.85. The van der Waals surface area contributed by atoms with Crippen molar-refractivity contribution >= 4 is 0 Å². The number of nitrogens with zero attached hydrogens (tertiary/aromatic N) is 3. The number of aromatic nitrogens is 3. The van der Waals surface area contributed by atoms with Gasteiger partial charge in [-0.15, -0.1) is 0 Å². The molecule has 5 heteroatoms. The van der Waals surface area contributed by atoms with E-state index in [-0.39, 0.29) is 6.04 Å². The lowest BCUT2D eigenvalue weighted by atomic mass is 10.2. The van der Waals surface area contributed by atoms with Crippen LogP contribution in [-0.4, -0.2) is 22.2 Å². The van der Waals surface area contributed by atoms with Crippen molar-refractivity contribution in [2.75, 3.05) is 7.05 Å². The van der Waals surface area contributed by atoms with Crippen molar-refractivity contribution in [2.24, 2.45) is 0 Å². The van der Waals surface area contributed by atoms with E-state index in [0.29, 0.717) is 11.7 Å². The summed E-state index contributed by atoms with van der Waals surface area (Å²) >= 11 is 0. The highest BCUT2D eigenvalue weighted by atomic mass is 16.5. The number of pyridine rings is 1. The highest BCUT2D eigenvalue weighted by Crippen LogP contribution is 2.19. The van der Waals surface area contributed by atoms with E-state index in [1.54, 1.807) is 12.4 Å². The van der Waals surface area contributed by atoms with Gasteiger partial charge in [-0.3, -0.25) is 4.98 Å². The Morgan fingerprint density at radius 3 is 2.75 bits per heavy atom. The van der Waals surface area contributed by atoms with Gasteiger partial charge in [-0.1, -0.05) is 12.1 Å². The molecule has 0 bridgehead atoms. The molecular weight excluding hydrogens is 204 g/mol. The molecule has 2 aromatic rings. The van der Waals surface area contributed by atoms with Crippen LogP contribution in [0.25, 0.3) is 11.4 Å². The lowest BCUT2D eigenvalue weighted by Gasteiger charge is -2.06. The van der Waals surface area contributed by atoms with E-state index in [0.717, 1.165) is 12.0 Å². The van der Waals surface area contributed by atoms with Gasteiger partial charge in [0.1, 0.15) is 0 Å². The molecule has 1 N–H and O–H groups in total. The first-order valence-electron chi connectivity index (χ1n) is 5.26. The highest BCUT2D eigenvalue weighted by molar-refractivity contribution is 5.52. The van der Waals surface area contributed by atoms with E-state index in [1.165, 1.54) is 0 Å². The third kappa shape index (κ3) is 2.09. The third-order valence-corrected chi connectivity index (χ3v) is 2.44. The molecule has 0 aliphatic heterocycles. The van der Waals surface area contributed by atoms with Crippen molar-refractivity contribution < 1.29 is 4.52 Å². The van der Waals surface area contributed by atoms with Crippen LogP contribution in [0.1, 0.15) is 25.3 Å². The monoisotopic (exact) mass is 218 g/mol. The molecule has 0 saturated heterocycles. The quantitative estimate of drug-likeness (QED) is 0.847. The topological polar surface area (TPSA) is 63.8 Å². The minimum Gasteiger partial charge on any atom is -0.337 e. The van der Waals surface area contributed by atoms with Crippen LogP contribution in [0, 0.1) is 0 Å². The molecule has 2 rings (SSSR count). The minimum absolute atomic E-state index is 0.114. The maximum absolute atomic E-state index is 5.22. The van der Waals surface area contributed by atoms with E-state index < -0.39 is 0 Å². The second-order valence-corrected chi connectivity index (χ2v) is 3.44. The third-order valence-electron chi connectivity index (χ3n) is 2.44. The minimum atomic E-state index is 0.114. The van der Waals surface area contributed by atoms with Crippen molar-refractivity contribution in [3.05, 3.63) is 30.4 Å². The van der Waals surface area contributed by atoms with Crippen LogP contribution in [0.3, 0.4) is 0 Å². The summed E-state index contributed by atoms with van der Waals surface area (Å²) in [6, 6.07) is 3.83. The Balaban J connectivity index is 2.26. The second kappa shape index (κ2) is 4.85. The molecule has 0 radical (unpaired) electrons. The normalized spacial score (nSPS) is 12.6. The van der Waals surface area contributed by atoms with Crippen LogP contribution >= 0.6 is 0 Å². The maximum atomic E-state index is 5.22. The molecular formula is C11H14N4O. The first kappa shape index (κ1) is 10.8. The van der Waals surface area contributed by atoms with Gasteiger partial charge < -0.3 is 9.84 Å². The summed E-state index contributed by atoms with van der Waals surface area (Å²) in [7, 11) is 1.88. The zero-order chi connectivity index (χ0) is 11.4. The summed E-state index contributed by atoms with van der Waals surface area (Å²) < 4.78 is 5.22.